The van der Waals surface area contributed by atoms with E-state index in [0.717, 1.165) is 29.9 Å². The highest BCUT2D eigenvalue weighted by atomic mass is 16.2. The summed E-state index contributed by atoms with van der Waals surface area (Å²) in [6.45, 7) is 5.44. The second kappa shape index (κ2) is 6.83. The highest BCUT2D eigenvalue weighted by Crippen LogP contribution is 2.25. The van der Waals surface area contributed by atoms with Crippen molar-refractivity contribution in [3.63, 3.8) is 0 Å². The molecule has 1 aliphatic heterocycles. The van der Waals surface area contributed by atoms with Gasteiger partial charge in [0.2, 0.25) is 0 Å². The van der Waals surface area contributed by atoms with Crippen LogP contribution in [0.15, 0.2) is 42.6 Å². The van der Waals surface area contributed by atoms with Crippen LogP contribution in [0.1, 0.15) is 34.2 Å². The van der Waals surface area contributed by atoms with Crippen molar-refractivity contribution in [2.45, 2.75) is 26.3 Å². The van der Waals surface area contributed by atoms with Gasteiger partial charge >= 0.3 is 0 Å². The number of carbonyl (C=O) groups excluding carboxylic acids is 1. The van der Waals surface area contributed by atoms with E-state index in [1.807, 2.05) is 40.8 Å². The molecule has 3 heterocycles. The summed E-state index contributed by atoms with van der Waals surface area (Å²) < 4.78 is 2.04. The maximum absolute atomic E-state index is 13.0. The normalized spacial score (nSPS) is 16.7. The van der Waals surface area contributed by atoms with Gasteiger partial charge in [-0.25, -0.2) is 9.97 Å². The number of aromatic nitrogens is 4. The summed E-state index contributed by atoms with van der Waals surface area (Å²) in [6.07, 6.45) is 2.53. The molecule has 7 nitrogen and oxygen atoms in total. The molecular formula is C20H22N6O. The fraction of sp³-hybridized carbons (Fsp3) is 0.300. The van der Waals surface area contributed by atoms with Crippen molar-refractivity contribution >= 4 is 11.7 Å². The monoisotopic (exact) mass is 362 g/mol. The summed E-state index contributed by atoms with van der Waals surface area (Å²) in [5, 5.41) is 4.57. The number of likely N-dealkylation sites (tertiary alicyclic amines) is 1. The van der Waals surface area contributed by atoms with E-state index in [0.29, 0.717) is 23.8 Å². The van der Waals surface area contributed by atoms with Crippen LogP contribution in [-0.4, -0.2) is 43.6 Å². The highest BCUT2D eigenvalue weighted by Gasteiger charge is 2.29. The van der Waals surface area contributed by atoms with Crippen LogP contribution >= 0.6 is 0 Å². The highest BCUT2D eigenvalue weighted by molar-refractivity contribution is 5.95. The summed E-state index contributed by atoms with van der Waals surface area (Å²) in [5.41, 5.74) is 9.29. The molecule has 3 aromatic rings. The van der Waals surface area contributed by atoms with Crippen molar-refractivity contribution in [3.05, 3.63) is 59.5 Å². The standard InChI is InChI=1S/C20H22N6O/c1-13-10-14(2)26(24-13)17-7-9-25(12-17)20(27)16-5-3-4-15(11-16)19-22-8-6-18(21)23-19/h3-6,8,10-11,17H,7,9,12H2,1-2H3,(H2,21,22,23)/t17-/m1/s1. The molecule has 0 unspecified atom stereocenters. The number of amides is 1. The SMILES string of the molecule is Cc1cc(C)n([C@@H]2CCN(C(=O)c3cccc(-c4nccc(N)n4)c3)C2)n1. The lowest BCUT2D eigenvalue weighted by Crippen LogP contribution is -2.29. The molecule has 1 aliphatic rings. The number of anilines is 1. The third-order valence-corrected chi connectivity index (χ3v) is 4.89. The molecule has 2 N–H and O–H groups in total. The second-order valence-electron chi connectivity index (χ2n) is 6.95. The van der Waals surface area contributed by atoms with Gasteiger partial charge in [-0.05, 0) is 44.5 Å². The molecule has 1 saturated heterocycles. The largest absolute Gasteiger partial charge is 0.384 e. The average Bonchev–Trinajstić information content (AvgIpc) is 3.27. The lowest BCUT2D eigenvalue weighted by atomic mass is 10.1. The Balaban J connectivity index is 1.54. The molecule has 0 radical (unpaired) electrons. The first-order valence-electron chi connectivity index (χ1n) is 9.02. The molecule has 138 valence electrons. The molecule has 0 bridgehead atoms. The number of rotatable bonds is 3. The Morgan fingerprint density at radius 1 is 1.22 bits per heavy atom. The minimum atomic E-state index is 0.0183. The molecule has 2 aromatic heterocycles. The molecule has 0 aliphatic carbocycles. The first kappa shape index (κ1) is 17.2. The second-order valence-corrected chi connectivity index (χ2v) is 6.95. The van der Waals surface area contributed by atoms with Crippen LogP contribution in [0.3, 0.4) is 0 Å². The van der Waals surface area contributed by atoms with Crippen LogP contribution in [0.5, 0.6) is 0 Å². The van der Waals surface area contributed by atoms with Gasteiger partial charge in [-0.3, -0.25) is 9.48 Å². The third-order valence-electron chi connectivity index (χ3n) is 4.89. The van der Waals surface area contributed by atoms with Gasteiger partial charge in [0.05, 0.1) is 11.7 Å². The Labute approximate surface area is 157 Å². The van der Waals surface area contributed by atoms with Crippen LogP contribution in [-0.2, 0) is 0 Å². The Morgan fingerprint density at radius 2 is 2.07 bits per heavy atom. The van der Waals surface area contributed by atoms with Gasteiger partial charge in [0.25, 0.3) is 5.91 Å². The topological polar surface area (TPSA) is 89.9 Å². The summed E-state index contributed by atoms with van der Waals surface area (Å²) in [7, 11) is 0. The van der Waals surface area contributed by atoms with Crippen molar-refractivity contribution in [1.29, 1.82) is 0 Å². The minimum Gasteiger partial charge on any atom is -0.384 e. The van der Waals surface area contributed by atoms with E-state index >= 15 is 0 Å². The van der Waals surface area contributed by atoms with Crippen LogP contribution in [0, 0.1) is 13.8 Å². The Bertz CT molecular complexity index is 996. The smallest absolute Gasteiger partial charge is 0.253 e. The van der Waals surface area contributed by atoms with E-state index in [1.165, 1.54) is 0 Å². The van der Waals surface area contributed by atoms with E-state index in [-0.39, 0.29) is 11.9 Å². The molecule has 1 aromatic carbocycles. The summed E-state index contributed by atoms with van der Waals surface area (Å²) in [6, 6.07) is 11.3. The molecule has 1 amide bonds. The summed E-state index contributed by atoms with van der Waals surface area (Å²) in [5.74, 6) is 0.945. The van der Waals surface area contributed by atoms with Crippen LogP contribution in [0.2, 0.25) is 0 Å². The van der Waals surface area contributed by atoms with Gasteiger partial charge in [-0.15, -0.1) is 0 Å². The molecular weight excluding hydrogens is 340 g/mol. The van der Waals surface area contributed by atoms with E-state index in [9.17, 15) is 4.79 Å². The Hall–Kier alpha value is -3.22. The fourth-order valence-corrected chi connectivity index (χ4v) is 3.63. The molecule has 27 heavy (non-hydrogen) atoms. The number of hydrogen-bond donors (Lipinski definition) is 1. The zero-order valence-corrected chi connectivity index (χ0v) is 15.5. The molecule has 1 fully saturated rings. The minimum absolute atomic E-state index is 0.0183. The first-order chi connectivity index (χ1) is 13.0. The van der Waals surface area contributed by atoms with Gasteiger partial charge in [-0.2, -0.15) is 5.10 Å². The summed E-state index contributed by atoms with van der Waals surface area (Å²) in [4.78, 5) is 23.4. The maximum atomic E-state index is 13.0. The lowest BCUT2D eigenvalue weighted by molar-refractivity contribution is 0.0787. The predicted molar refractivity (Wildman–Crippen MR) is 103 cm³/mol. The van der Waals surface area contributed by atoms with E-state index in [1.54, 1.807) is 12.3 Å². The predicted octanol–water partition coefficient (Wildman–Crippen LogP) is 2.63. The first-order valence-corrected chi connectivity index (χ1v) is 9.02. The van der Waals surface area contributed by atoms with E-state index < -0.39 is 0 Å². The number of carbonyl (C=O) groups is 1. The zero-order valence-electron chi connectivity index (χ0n) is 15.5. The van der Waals surface area contributed by atoms with Crippen molar-refractivity contribution in [2.24, 2.45) is 0 Å². The third kappa shape index (κ3) is 3.40. The number of hydrogen-bond acceptors (Lipinski definition) is 5. The van der Waals surface area contributed by atoms with Gasteiger partial charge in [-0.1, -0.05) is 12.1 Å². The molecule has 4 rings (SSSR count). The average molecular weight is 362 g/mol. The van der Waals surface area contributed by atoms with Crippen LogP contribution in [0.4, 0.5) is 5.82 Å². The van der Waals surface area contributed by atoms with Crippen molar-refractivity contribution < 1.29 is 4.79 Å². The van der Waals surface area contributed by atoms with Crippen molar-refractivity contribution in [1.82, 2.24) is 24.6 Å². The quantitative estimate of drug-likeness (QED) is 0.773. The zero-order chi connectivity index (χ0) is 19.0. The van der Waals surface area contributed by atoms with Crippen LogP contribution in [0.25, 0.3) is 11.4 Å². The number of nitrogens with two attached hydrogens (primary N) is 1. The summed E-state index contributed by atoms with van der Waals surface area (Å²) >= 11 is 0. The number of nitrogens with zero attached hydrogens (tertiary/aromatic N) is 5. The van der Waals surface area contributed by atoms with Gasteiger partial charge < -0.3 is 10.6 Å². The van der Waals surface area contributed by atoms with Crippen LogP contribution < -0.4 is 5.73 Å². The number of benzene rings is 1. The van der Waals surface area contributed by atoms with E-state index in [4.69, 9.17) is 5.73 Å². The van der Waals surface area contributed by atoms with Gasteiger partial charge in [0, 0.05) is 36.1 Å². The Kier molecular flexibility index (Phi) is 4.35. The number of nitrogen functional groups attached to an aromatic ring is 1. The van der Waals surface area contributed by atoms with Crippen molar-refractivity contribution in [2.75, 3.05) is 18.8 Å². The number of aryl methyl sites for hydroxylation is 2. The fourth-order valence-electron chi connectivity index (χ4n) is 3.63. The Morgan fingerprint density at radius 3 is 2.81 bits per heavy atom. The van der Waals surface area contributed by atoms with Gasteiger partial charge in [0.15, 0.2) is 5.82 Å². The van der Waals surface area contributed by atoms with E-state index in [2.05, 4.69) is 28.1 Å². The maximum Gasteiger partial charge on any atom is 0.253 e. The molecule has 1 atom stereocenters. The van der Waals surface area contributed by atoms with Crippen molar-refractivity contribution in [3.8, 4) is 11.4 Å². The lowest BCUT2D eigenvalue weighted by Gasteiger charge is -2.18. The molecule has 0 saturated carbocycles. The molecule has 0 spiro atoms. The van der Waals surface area contributed by atoms with Gasteiger partial charge in [0.1, 0.15) is 5.82 Å². The molecule has 7 heteroatoms.